The number of rotatable bonds is 5. The van der Waals surface area contributed by atoms with Gasteiger partial charge < -0.3 is 20.2 Å². The molecule has 0 saturated heterocycles. The van der Waals surface area contributed by atoms with E-state index < -0.39 is 19.7 Å². The molecular weight excluding hydrogens is 304 g/mol. The summed E-state index contributed by atoms with van der Waals surface area (Å²) in [5, 5.41) is 11.3. The molecule has 6 nitrogen and oxygen atoms in total. The van der Waals surface area contributed by atoms with Gasteiger partial charge in [-0.25, -0.2) is 0 Å². The highest BCUT2D eigenvalue weighted by Gasteiger charge is 2.18. The van der Waals surface area contributed by atoms with Crippen molar-refractivity contribution in [1.82, 2.24) is 0 Å². The molecule has 0 amide bonds. The summed E-state index contributed by atoms with van der Waals surface area (Å²) in [6.07, 6.45) is -0.523. The lowest BCUT2D eigenvalue weighted by Crippen LogP contribution is -2.12. The Hall–Kier alpha value is -0.780. The van der Waals surface area contributed by atoms with Gasteiger partial charge in [0.05, 0.1) is 16.9 Å². The van der Waals surface area contributed by atoms with Gasteiger partial charge in [-0.2, -0.15) is 0 Å². The molecule has 1 aromatic rings. The minimum Gasteiger partial charge on any atom is -0.480 e. The fraction of sp³-hybridized carbons (Fsp3) is 0.222. The Balaban J connectivity index is 2.97. The van der Waals surface area contributed by atoms with Crippen molar-refractivity contribution in [2.45, 2.75) is 6.16 Å². The van der Waals surface area contributed by atoms with E-state index in [1.807, 2.05) is 0 Å². The lowest BCUT2D eigenvalue weighted by atomic mass is 10.2. The quantitative estimate of drug-likeness (QED) is 0.621. The standard InChI is InChI=1S/C9H10Cl2NO5P/c10-6-2-8(12-3-9(13)14)7(11)1-5(6)4-18(15,16)17/h1-2,12H,3-4H2,(H,13,14)(H2,15,16,17). The summed E-state index contributed by atoms with van der Waals surface area (Å²) in [6, 6.07) is 2.63. The average Bonchev–Trinajstić information content (AvgIpc) is 2.18. The average molecular weight is 314 g/mol. The van der Waals surface area contributed by atoms with Crippen LogP contribution in [0.4, 0.5) is 5.69 Å². The molecule has 0 aliphatic heterocycles. The van der Waals surface area contributed by atoms with E-state index in [1.165, 1.54) is 12.1 Å². The Morgan fingerprint density at radius 2 is 1.89 bits per heavy atom. The van der Waals surface area contributed by atoms with E-state index in [0.717, 1.165) is 0 Å². The van der Waals surface area contributed by atoms with E-state index in [2.05, 4.69) is 5.32 Å². The molecule has 9 heteroatoms. The first-order valence-electron chi connectivity index (χ1n) is 4.67. The molecule has 0 fully saturated rings. The fourth-order valence-corrected chi connectivity index (χ4v) is 2.52. The van der Waals surface area contributed by atoms with Crippen LogP contribution in [0.25, 0.3) is 0 Å². The summed E-state index contributed by atoms with van der Waals surface area (Å²) in [6.45, 7) is -0.339. The highest BCUT2D eigenvalue weighted by Crippen LogP contribution is 2.42. The largest absolute Gasteiger partial charge is 0.480 e. The SMILES string of the molecule is O=C(O)CNc1cc(Cl)c(CP(=O)(O)O)cc1Cl. The molecule has 18 heavy (non-hydrogen) atoms. The van der Waals surface area contributed by atoms with Crippen molar-refractivity contribution in [2.75, 3.05) is 11.9 Å². The molecular formula is C9H10Cl2NO5P. The first kappa shape index (κ1) is 15.3. The second-order valence-corrected chi connectivity index (χ2v) is 5.95. The zero-order valence-electron chi connectivity index (χ0n) is 8.93. The summed E-state index contributed by atoms with van der Waals surface area (Å²) >= 11 is 11.7. The van der Waals surface area contributed by atoms with Gasteiger partial charge in [-0.15, -0.1) is 0 Å². The van der Waals surface area contributed by atoms with Crippen LogP contribution < -0.4 is 5.32 Å². The monoisotopic (exact) mass is 313 g/mol. The van der Waals surface area contributed by atoms with E-state index in [0.29, 0.717) is 5.69 Å². The zero-order valence-corrected chi connectivity index (χ0v) is 11.3. The Morgan fingerprint density at radius 1 is 1.28 bits per heavy atom. The summed E-state index contributed by atoms with van der Waals surface area (Å²) < 4.78 is 10.9. The molecule has 100 valence electrons. The molecule has 0 unspecified atom stereocenters. The van der Waals surface area contributed by atoms with Crippen LogP contribution in [0.2, 0.25) is 10.0 Å². The van der Waals surface area contributed by atoms with Crippen molar-refractivity contribution < 1.29 is 24.3 Å². The summed E-state index contributed by atoms with van der Waals surface area (Å²) in [5.41, 5.74) is 0.495. The molecule has 0 saturated carbocycles. The number of carbonyl (C=O) groups is 1. The van der Waals surface area contributed by atoms with Crippen molar-refractivity contribution in [3.8, 4) is 0 Å². The number of carboxylic acids is 1. The van der Waals surface area contributed by atoms with Crippen LogP contribution in [-0.4, -0.2) is 27.4 Å². The lowest BCUT2D eigenvalue weighted by Gasteiger charge is -2.11. The van der Waals surface area contributed by atoms with E-state index in [-0.39, 0.29) is 22.2 Å². The Kier molecular flexibility index (Phi) is 5.01. The fourth-order valence-electron chi connectivity index (χ4n) is 1.24. The third-order valence-electron chi connectivity index (χ3n) is 1.94. The maximum Gasteiger partial charge on any atom is 0.329 e. The van der Waals surface area contributed by atoms with Gasteiger partial charge >= 0.3 is 13.6 Å². The Labute approximate surface area is 113 Å². The van der Waals surface area contributed by atoms with Gasteiger partial charge in [-0.05, 0) is 17.7 Å². The van der Waals surface area contributed by atoms with Crippen LogP contribution in [0.5, 0.6) is 0 Å². The number of halogens is 2. The lowest BCUT2D eigenvalue weighted by molar-refractivity contribution is -0.134. The minimum atomic E-state index is -4.24. The number of nitrogens with one attached hydrogen (secondary N) is 1. The van der Waals surface area contributed by atoms with Gasteiger partial charge in [0.15, 0.2) is 0 Å². The normalized spacial score (nSPS) is 11.3. The van der Waals surface area contributed by atoms with Crippen molar-refractivity contribution >= 4 is 42.5 Å². The first-order valence-corrected chi connectivity index (χ1v) is 7.22. The Morgan fingerprint density at radius 3 is 2.39 bits per heavy atom. The van der Waals surface area contributed by atoms with Gasteiger partial charge in [0.2, 0.25) is 0 Å². The highest BCUT2D eigenvalue weighted by molar-refractivity contribution is 7.50. The number of benzene rings is 1. The predicted molar refractivity (Wildman–Crippen MR) is 68.3 cm³/mol. The maximum atomic E-state index is 10.9. The second kappa shape index (κ2) is 5.91. The summed E-state index contributed by atoms with van der Waals surface area (Å²) in [7, 11) is -4.24. The third kappa shape index (κ3) is 4.84. The molecule has 4 N–H and O–H groups in total. The molecule has 0 radical (unpaired) electrons. The number of hydrogen-bond acceptors (Lipinski definition) is 3. The smallest absolute Gasteiger partial charge is 0.329 e. The molecule has 0 heterocycles. The second-order valence-electron chi connectivity index (χ2n) is 3.49. The molecule has 0 spiro atoms. The predicted octanol–water partition coefficient (Wildman–Crippen LogP) is 2.17. The molecule has 0 atom stereocenters. The molecule has 1 aromatic carbocycles. The van der Waals surface area contributed by atoms with Crippen LogP contribution in [0.1, 0.15) is 5.56 Å². The molecule has 0 aromatic heterocycles. The highest BCUT2D eigenvalue weighted by atomic mass is 35.5. The number of hydrogen-bond donors (Lipinski definition) is 4. The van der Waals surface area contributed by atoms with Crippen molar-refractivity contribution in [1.29, 1.82) is 0 Å². The van der Waals surface area contributed by atoms with E-state index in [1.54, 1.807) is 0 Å². The van der Waals surface area contributed by atoms with Crippen LogP contribution >= 0.6 is 30.8 Å². The molecule has 0 aliphatic rings. The van der Waals surface area contributed by atoms with Crippen LogP contribution in [-0.2, 0) is 15.5 Å². The van der Waals surface area contributed by atoms with Gasteiger partial charge in [0.25, 0.3) is 0 Å². The maximum absolute atomic E-state index is 10.9. The van der Waals surface area contributed by atoms with Crippen LogP contribution in [0.15, 0.2) is 12.1 Å². The van der Waals surface area contributed by atoms with Crippen molar-refractivity contribution in [2.24, 2.45) is 0 Å². The number of aliphatic carboxylic acids is 1. The Bertz CT molecular complexity index is 516. The molecule has 1 rings (SSSR count). The van der Waals surface area contributed by atoms with E-state index in [4.69, 9.17) is 38.1 Å². The zero-order chi connectivity index (χ0) is 13.9. The molecule has 0 bridgehead atoms. The third-order valence-corrected chi connectivity index (χ3v) is 3.36. The van der Waals surface area contributed by atoms with E-state index in [9.17, 15) is 9.36 Å². The van der Waals surface area contributed by atoms with Gasteiger partial charge in [0, 0.05) is 5.02 Å². The number of anilines is 1. The van der Waals surface area contributed by atoms with Crippen molar-refractivity contribution in [3.63, 3.8) is 0 Å². The van der Waals surface area contributed by atoms with E-state index >= 15 is 0 Å². The number of carboxylic acid groups (broad SMARTS) is 1. The van der Waals surface area contributed by atoms with Gasteiger partial charge in [-0.3, -0.25) is 9.36 Å². The van der Waals surface area contributed by atoms with Gasteiger partial charge in [0.1, 0.15) is 6.54 Å². The van der Waals surface area contributed by atoms with Crippen LogP contribution in [0.3, 0.4) is 0 Å². The first-order chi connectivity index (χ1) is 8.19. The van der Waals surface area contributed by atoms with Crippen molar-refractivity contribution in [3.05, 3.63) is 27.7 Å². The summed E-state index contributed by atoms with van der Waals surface area (Å²) in [4.78, 5) is 28.1. The minimum absolute atomic E-state index is 0.107. The summed E-state index contributed by atoms with van der Waals surface area (Å²) in [5.74, 6) is -1.07. The molecule has 0 aliphatic carbocycles. The van der Waals surface area contributed by atoms with Crippen LogP contribution in [0, 0.1) is 0 Å². The van der Waals surface area contributed by atoms with Gasteiger partial charge in [-0.1, -0.05) is 23.2 Å². The topological polar surface area (TPSA) is 107 Å².